The van der Waals surface area contributed by atoms with Crippen molar-refractivity contribution in [3.05, 3.63) is 30.3 Å². The average molecular weight is 265 g/mol. The van der Waals surface area contributed by atoms with Crippen LogP contribution in [-0.4, -0.2) is 34.8 Å². The minimum absolute atomic E-state index is 0.263. The molecule has 1 fully saturated rings. The summed E-state index contributed by atoms with van der Waals surface area (Å²) in [5.74, 6) is 0.405. The maximum atomic E-state index is 11.9. The van der Waals surface area contributed by atoms with Crippen LogP contribution in [0.2, 0.25) is 0 Å². The molecule has 0 aliphatic carbocycles. The molecular weight excluding hydrogens is 250 g/mol. The number of benzene rings is 1. The molecule has 1 aliphatic rings. The number of carbonyl (C=O) groups excluding carboxylic acids is 2. The van der Waals surface area contributed by atoms with Crippen molar-refractivity contribution in [2.45, 2.75) is 24.3 Å². The second-order valence-corrected chi connectivity index (χ2v) is 5.66. The predicted molar refractivity (Wildman–Crippen MR) is 69.4 cm³/mol. The van der Waals surface area contributed by atoms with Gasteiger partial charge in [-0.15, -0.1) is 11.8 Å². The zero-order valence-electron chi connectivity index (χ0n) is 10.4. The van der Waals surface area contributed by atoms with Crippen LogP contribution in [-0.2, 0) is 9.53 Å². The Morgan fingerprint density at radius 1 is 1.22 bits per heavy atom. The van der Waals surface area contributed by atoms with E-state index in [0.717, 1.165) is 4.90 Å². The van der Waals surface area contributed by atoms with Crippen LogP contribution in [0.4, 0.5) is 4.79 Å². The number of ether oxygens (including phenoxy) is 1. The summed E-state index contributed by atoms with van der Waals surface area (Å²) in [4.78, 5) is 25.7. The first-order valence-corrected chi connectivity index (χ1v) is 6.72. The molecule has 0 N–H and O–H groups in total. The molecule has 1 aromatic rings. The molecule has 0 aromatic heterocycles. The summed E-state index contributed by atoms with van der Waals surface area (Å²) in [7, 11) is 0. The fourth-order valence-corrected chi connectivity index (χ4v) is 2.55. The summed E-state index contributed by atoms with van der Waals surface area (Å²) in [5.41, 5.74) is -1.02. The van der Waals surface area contributed by atoms with Crippen LogP contribution < -0.4 is 0 Å². The monoisotopic (exact) mass is 265 g/mol. The Kier molecular flexibility index (Phi) is 3.61. The summed E-state index contributed by atoms with van der Waals surface area (Å²) in [6.45, 7) is 3.59. The lowest BCUT2D eigenvalue weighted by molar-refractivity contribution is -0.134. The number of nitrogens with zero attached hydrogens (tertiary/aromatic N) is 1. The quantitative estimate of drug-likeness (QED) is 0.785. The number of cyclic esters (lactones) is 1. The number of thioether (sulfide) groups is 1. The van der Waals surface area contributed by atoms with Crippen LogP contribution in [0.5, 0.6) is 0 Å². The van der Waals surface area contributed by atoms with Crippen LogP contribution in [0.25, 0.3) is 0 Å². The summed E-state index contributed by atoms with van der Waals surface area (Å²) in [6.07, 6.45) is -0.543. The number of imide groups is 1. The fraction of sp³-hybridized carbons (Fsp3) is 0.385. The van der Waals surface area contributed by atoms with Gasteiger partial charge < -0.3 is 4.74 Å². The molecule has 2 rings (SSSR count). The lowest BCUT2D eigenvalue weighted by Gasteiger charge is -2.13. The molecule has 0 unspecified atom stereocenters. The number of amides is 2. The van der Waals surface area contributed by atoms with Gasteiger partial charge in [-0.3, -0.25) is 4.79 Å². The number of rotatable bonds is 4. The molecule has 0 saturated carbocycles. The summed E-state index contributed by atoms with van der Waals surface area (Å²) >= 11 is 1.61. The maximum absolute atomic E-state index is 11.9. The van der Waals surface area contributed by atoms with Gasteiger partial charge in [0.05, 0.1) is 0 Å². The Balaban J connectivity index is 1.88. The summed E-state index contributed by atoms with van der Waals surface area (Å²) < 4.78 is 5.00. The van der Waals surface area contributed by atoms with Gasteiger partial charge in [0.25, 0.3) is 5.91 Å². The van der Waals surface area contributed by atoms with Crippen molar-refractivity contribution >= 4 is 23.8 Å². The number of carbonyl (C=O) groups is 2. The highest BCUT2D eigenvalue weighted by atomic mass is 32.2. The standard InChI is InChI=1S/C13H15NO3S/c1-13(2)11(15)14(12(16)17-13)8-9-18-10-6-4-3-5-7-10/h3-7H,8-9H2,1-2H3. The van der Waals surface area contributed by atoms with Crippen LogP contribution in [0.1, 0.15) is 13.8 Å². The Morgan fingerprint density at radius 3 is 2.44 bits per heavy atom. The molecule has 4 nitrogen and oxygen atoms in total. The molecule has 2 amide bonds. The van der Waals surface area contributed by atoms with Crippen LogP contribution >= 0.6 is 11.8 Å². The van der Waals surface area contributed by atoms with E-state index in [2.05, 4.69) is 0 Å². The molecule has 1 saturated heterocycles. The Hall–Kier alpha value is -1.49. The van der Waals surface area contributed by atoms with Gasteiger partial charge in [0.1, 0.15) is 0 Å². The van der Waals surface area contributed by atoms with Gasteiger partial charge in [0.2, 0.25) is 0 Å². The normalized spacial score (nSPS) is 18.0. The molecule has 1 aromatic carbocycles. The molecule has 5 heteroatoms. The molecule has 0 atom stereocenters. The van der Waals surface area contributed by atoms with E-state index in [1.807, 2.05) is 30.3 Å². The molecule has 1 aliphatic heterocycles. The van der Waals surface area contributed by atoms with E-state index in [1.54, 1.807) is 25.6 Å². The third kappa shape index (κ3) is 2.67. The predicted octanol–water partition coefficient (Wildman–Crippen LogP) is 2.54. The zero-order chi connectivity index (χ0) is 13.2. The van der Waals surface area contributed by atoms with Gasteiger partial charge in [-0.2, -0.15) is 0 Å². The fourth-order valence-electron chi connectivity index (χ4n) is 1.69. The van der Waals surface area contributed by atoms with Crippen molar-refractivity contribution in [3.63, 3.8) is 0 Å². The van der Waals surface area contributed by atoms with Crippen molar-refractivity contribution in [2.75, 3.05) is 12.3 Å². The Labute approximate surface area is 110 Å². The summed E-state index contributed by atoms with van der Waals surface area (Å²) in [6, 6.07) is 9.87. The van der Waals surface area contributed by atoms with E-state index in [1.165, 1.54) is 4.90 Å². The Bertz CT molecular complexity index is 459. The molecular formula is C13H15NO3S. The van der Waals surface area contributed by atoms with Gasteiger partial charge in [0.15, 0.2) is 5.60 Å². The lowest BCUT2D eigenvalue weighted by atomic mass is 10.1. The zero-order valence-corrected chi connectivity index (χ0v) is 11.2. The first-order chi connectivity index (χ1) is 8.50. The van der Waals surface area contributed by atoms with Crippen molar-refractivity contribution < 1.29 is 14.3 Å². The molecule has 0 radical (unpaired) electrons. The van der Waals surface area contributed by atoms with E-state index in [-0.39, 0.29) is 5.91 Å². The van der Waals surface area contributed by atoms with Gasteiger partial charge in [-0.25, -0.2) is 9.69 Å². The van der Waals surface area contributed by atoms with Crippen molar-refractivity contribution in [3.8, 4) is 0 Å². The van der Waals surface area contributed by atoms with Gasteiger partial charge in [-0.1, -0.05) is 18.2 Å². The topological polar surface area (TPSA) is 46.6 Å². The first-order valence-electron chi connectivity index (χ1n) is 5.73. The van der Waals surface area contributed by atoms with Crippen LogP contribution in [0.3, 0.4) is 0 Å². The van der Waals surface area contributed by atoms with Crippen molar-refractivity contribution in [1.82, 2.24) is 4.90 Å². The Morgan fingerprint density at radius 2 is 1.89 bits per heavy atom. The smallest absolute Gasteiger partial charge is 0.417 e. The van der Waals surface area contributed by atoms with Crippen molar-refractivity contribution in [2.24, 2.45) is 0 Å². The molecule has 96 valence electrons. The minimum Gasteiger partial charge on any atom is -0.433 e. The third-order valence-corrected chi connectivity index (χ3v) is 3.64. The van der Waals surface area contributed by atoms with E-state index in [4.69, 9.17) is 4.74 Å². The molecule has 0 bridgehead atoms. The van der Waals surface area contributed by atoms with E-state index in [0.29, 0.717) is 12.3 Å². The van der Waals surface area contributed by atoms with Crippen LogP contribution in [0.15, 0.2) is 35.2 Å². The van der Waals surface area contributed by atoms with E-state index in [9.17, 15) is 9.59 Å². The number of hydrogen-bond acceptors (Lipinski definition) is 4. The van der Waals surface area contributed by atoms with E-state index >= 15 is 0 Å². The molecule has 0 spiro atoms. The molecule has 1 heterocycles. The largest absolute Gasteiger partial charge is 0.433 e. The maximum Gasteiger partial charge on any atom is 0.417 e. The van der Waals surface area contributed by atoms with Gasteiger partial charge >= 0.3 is 6.09 Å². The average Bonchev–Trinajstić information content (AvgIpc) is 2.52. The SMILES string of the molecule is CC1(C)OC(=O)N(CCSc2ccccc2)C1=O. The van der Waals surface area contributed by atoms with Gasteiger partial charge in [0, 0.05) is 17.2 Å². The highest BCUT2D eigenvalue weighted by Crippen LogP contribution is 2.24. The minimum atomic E-state index is -1.02. The third-order valence-electron chi connectivity index (χ3n) is 2.65. The second kappa shape index (κ2) is 5.02. The number of hydrogen-bond donors (Lipinski definition) is 0. The van der Waals surface area contributed by atoms with Crippen molar-refractivity contribution in [1.29, 1.82) is 0 Å². The lowest BCUT2D eigenvalue weighted by Crippen LogP contribution is -2.37. The van der Waals surface area contributed by atoms with E-state index < -0.39 is 11.7 Å². The first kappa shape index (κ1) is 13.0. The highest BCUT2D eigenvalue weighted by Gasteiger charge is 2.46. The summed E-state index contributed by atoms with van der Waals surface area (Å²) in [5, 5.41) is 0. The molecule has 18 heavy (non-hydrogen) atoms. The van der Waals surface area contributed by atoms with Gasteiger partial charge in [-0.05, 0) is 26.0 Å². The van der Waals surface area contributed by atoms with Crippen LogP contribution in [0, 0.1) is 0 Å². The highest BCUT2D eigenvalue weighted by molar-refractivity contribution is 7.99. The second-order valence-electron chi connectivity index (χ2n) is 4.50.